The van der Waals surface area contributed by atoms with Gasteiger partial charge in [-0.3, -0.25) is 0 Å². The predicted octanol–water partition coefficient (Wildman–Crippen LogP) is 2.48. The molecule has 2 N–H and O–H groups in total. The monoisotopic (exact) mass is 195 g/mol. The Labute approximate surface area is 83.9 Å². The first kappa shape index (κ1) is 9.49. The van der Waals surface area contributed by atoms with Crippen LogP contribution in [0.2, 0.25) is 0 Å². The van der Waals surface area contributed by atoms with Crippen molar-refractivity contribution in [1.29, 1.82) is 0 Å². The van der Waals surface area contributed by atoms with E-state index in [1.54, 1.807) is 0 Å². The minimum atomic E-state index is 0.266. The van der Waals surface area contributed by atoms with Crippen LogP contribution >= 0.6 is 0 Å². The molecule has 0 unspecified atom stereocenters. The van der Waals surface area contributed by atoms with Gasteiger partial charge in [-0.15, -0.1) is 0 Å². The zero-order chi connectivity index (χ0) is 9.80. The van der Waals surface area contributed by atoms with Gasteiger partial charge < -0.3 is 10.3 Å². The lowest BCUT2D eigenvalue weighted by Gasteiger charge is -2.15. The summed E-state index contributed by atoms with van der Waals surface area (Å²) in [5, 5.41) is 3.64. The molecule has 0 bridgehead atoms. The molecule has 2 rings (SSSR count). The van der Waals surface area contributed by atoms with Gasteiger partial charge in [-0.1, -0.05) is 32.1 Å². The minimum Gasteiger partial charge on any atom is -0.365 e. The van der Waals surface area contributed by atoms with Crippen molar-refractivity contribution in [3.63, 3.8) is 0 Å². The number of aromatic nitrogens is 2. The maximum atomic E-state index is 5.44. The topological polar surface area (TPSA) is 64.9 Å². The van der Waals surface area contributed by atoms with E-state index in [0.29, 0.717) is 5.92 Å². The Hall–Kier alpha value is -1.06. The van der Waals surface area contributed by atoms with Gasteiger partial charge in [0.05, 0.1) is 0 Å². The van der Waals surface area contributed by atoms with Crippen LogP contribution in [0.4, 0.5) is 5.95 Å². The molecule has 1 aromatic rings. The fraction of sp³-hybridized carbons (Fsp3) is 0.800. The quantitative estimate of drug-likeness (QED) is 0.747. The number of nitrogens with two attached hydrogens (primary N) is 1. The molecule has 1 saturated carbocycles. The van der Waals surface area contributed by atoms with Crippen molar-refractivity contribution in [3.8, 4) is 0 Å². The van der Waals surface area contributed by atoms with Crippen molar-refractivity contribution in [2.75, 3.05) is 5.73 Å². The molecule has 0 radical (unpaired) electrons. The normalized spacial score (nSPS) is 20.3. The molecule has 0 spiro atoms. The highest BCUT2D eigenvalue weighted by Crippen LogP contribution is 2.29. The number of nitrogens with zero attached hydrogens (tertiary/aromatic N) is 2. The SMILES string of the molecule is Nc1noc(C2CCCCCCC2)n1. The Morgan fingerprint density at radius 3 is 2.29 bits per heavy atom. The predicted molar refractivity (Wildman–Crippen MR) is 53.8 cm³/mol. The van der Waals surface area contributed by atoms with E-state index < -0.39 is 0 Å². The first-order valence-corrected chi connectivity index (χ1v) is 5.45. The lowest BCUT2D eigenvalue weighted by atomic mass is 9.91. The van der Waals surface area contributed by atoms with Gasteiger partial charge in [0.15, 0.2) is 0 Å². The van der Waals surface area contributed by atoms with E-state index in [0.717, 1.165) is 5.89 Å². The lowest BCUT2D eigenvalue weighted by Crippen LogP contribution is -2.02. The summed E-state index contributed by atoms with van der Waals surface area (Å²) in [6.07, 6.45) is 8.92. The fourth-order valence-corrected chi connectivity index (χ4v) is 2.12. The van der Waals surface area contributed by atoms with Gasteiger partial charge in [-0.2, -0.15) is 4.98 Å². The molecule has 4 heteroatoms. The molecule has 78 valence electrons. The van der Waals surface area contributed by atoms with Gasteiger partial charge in [-0.05, 0) is 18.0 Å². The fourth-order valence-electron chi connectivity index (χ4n) is 2.12. The second-order valence-electron chi connectivity index (χ2n) is 4.03. The van der Waals surface area contributed by atoms with Crippen LogP contribution in [-0.4, -0.2) is 10.1 Å². The summed E-state index contributed by atoms with van der Waals surface area (Å²) >= 11 is 0. The summed E-state index contributed by atoms with van der Waals surface area (Å²) < 4.78 is 5.11. The molecule has 0 aromatic carbocycles. The third kappa shape index (κ3) is 2.25. The highest BCUT2D eigenvalue weighted by molar-refractivity contribution is 5.12. The minimum absolute atomic E-state index is 0.266. The summed E-state index contributed by atoms with van der Waals surface area (Å²) in [5.74, 6) is 1.45. The maximum Gasteiger partial charge on any atom is 0.260 e. The number of anilines is 1. The van der Waals surface area contributed by atoms with Gasteiger partial charge >= 0.3 is 0 Å². The van der Waals surface area contributed by atoms with Gasteiger partial charge in [-0.25, -0.2) is 0 Å². The van der Waals surface area contributed by atoms with Crippen molar-refractivity contribution in [1.82, 2.24) is 10.1 Å². The molecular formula is C10H17N3O. The van der Waals surface area contributed by atoms with Crippen molar-refractivity contribution in [2.24, 2.45) is 0 Å². The smallest absolute Gasteiger partial charge is 0.260 e. The molecule has 1 aliphatic carbocycles. The molecule has 1 aromatic heterocycles. The van der Waals surface area contributed by atoms with Gasteiger partial charge in [0, 0.05) is 5.92 Å². The first-order chi connectivity index (χ1) is 6.86. The second kappa shape index (κ2) is 4.44. The zero-order valence-electron chi connectivity index (χ0n) is 8.41. The summed E-state index contributed by atoms with van der Waals surface area (Å²) in [4.78, 5) is 4.11. The Bertz CT molecular complexity index is 277. The van der Waals surface area contributed by atoms with E-state index in [1.165, 1.54) is 44.9 Å². The van der Waals surface area contributed by atoms with Crippen LogP contribution in [0.15, 0.2) is 4.52 Å². The Balaban J connectivity index is 2.00. The van der Waals surface area contributed by atoms with Crippen molar-refractivity contribution in [2.45, 2.75) is 50.9 Å². The third-order valence-electron chi connectivity index (χ3n) is 2.91. The van der Waals surface area contributed by atoms with Gasteiger partial charge in [0.2, 0.25) is 5.89 Å². The average Bonchev–Trinajstić information content (AvgIpc) is 2.51. The zero-order valence-corrected chi connectivity index (χ0v) is 8.41. The Morgan fingerprint density at radius 2 is 1.71 bits per heavy atom. The van der Waals surface area contributed by atoms with E-state index in [2.05, 4.69) is 10.1 Å². The van der Waals surface area contributed by atoms with Crippen LogP contribution in [-0.2, 0) is 0 Å². The van der Waals surface area contributed by atoms with Gasteiger partial charge in [0.1, 0.15) is 0 Å². The van der Waals surface area contributed by atoms with E-state index in [1.807, 2.05) is 0 Å². The average molecular weight is 195 g/mol. The standard InChI is InChI=1S/C10H17N3O/c11-10-12-9(14-13-10)8-6-4-2-1-3-5-7-8/h8H,1-7H2,(H2,11,13). The third-order valence-corrected chi connectivity index (χ3v) is 2.91. The highest BCUT2D eigenvalue weighted by Gasteiger charge is 2.18. The molecular weight excluding hydrogens is 178 g/mol. The molecule has 1 fully saturated rings. The van der Waals surface area contributed by atoms with Crippen molar-refractivity contribution >= 4 is 5.95 Å². The molecule has 4 nitrogen and oxygen atoms in total. The number of rotatable bonds is 1. The molecule has 0 amide bonds. The molecule has 1 heterocycles. The molecule has 0 saturated heterocycles. The molecule has 1 aliphatic rings. The number of hydrogen-bond donors (Lipinski definition) is 1. The van der Waals surface area contributed by atoms with Crippen molar-refractivity contribution < 1.29 is 4.52 Å². The van der Waals surface area contributed by atoms with Gasteiger partial charge in [0.25, 0.3) is 5.95 Å². The maximum absolute atomic E-state index is 5.44. The molecule has 14 heavy (non-hydrogen) atoms. The summed E-state index contributed by atoms with van der Waals surface area (Å²) in [6, 6.07) is 0. The van der Waals surface area contributed by atoms with Crippen LogP contribution < -0.4 is 5.73 Å². The summed E-state index contributed by atoms with van der Waals surface area (Å²) in [6.45, 7) is 0. The van der Waals surface area contributed by atoms with Crippen molar-refractivity contribution in [3.05, 3.63) is 5.89 Å². The summed E-state index contributed by atoms with van der Waals surface area (Å²) in [7, 11) is 0. The summed E-state index contributed by atoms with van der Waals surface area (Å²) in [5.41, 5.74) is 5.44. The van der Waals surface area contributed by atoms with Crippen LogP contribution in [0.1, 0.15) is 56.8 Å². The van der Waals surface area contributed by atoms with E-state index in [9.17, 15) is 0 Å². The highest BCUT2D eigenvalue weighted by atomic mass is 16.5. The number of hydrogen-bond acceptors (Lipinski definition) is 4. The van der Waals surface area contributed by atoms with Crippen LogP contribution in [0.25, 0.3) is 0 Å². The second-order valence-corrected chi connectivity index (χ2v) is 4.03. The lowest BCUT2D eigenvalue weighted by molar-refractivity contribution is 0.323. The van der Waals surface area contributed by atoms with E-state index in [-0.39, 0.29) is 5.95 Å². The van der Waals surface area contributed by atoms with Crippen LogP contribution in [0.3, 0.4) is 0 Å². The van der Waals surface area contributed by atoms with Crippen LogP contribution in [0.5, 0.6) is 0 Å². The first-order valence-electron chi connectivity index (χ1n) is 5.45. The van der Waals surface area contributed by atoms with Crippen LogP contribution in [0, 0.1) is 0 Å². The Kier molecular flexibility index (Phi) is 3.01. The number of nitrogen functional groups attached to an aromatic ring is 1. The largest absolute Gasteiger partial charge is 0.365 e. The molecule has 0 aliphatic heterocycles. The van der Waals surface area contributed by atoms with E-state index >= 15 is 0 Å². The Morgan fingerprint density at radius 1 is 1.07 bits per heavy atom. The van der Waals surface area contributed by atoms with E-state index in [4.69, 9.17) is 10.3 Å². The molecule has 0 atom stereocenters.